The summed E-state index contributed by atoms with van der Waals surface area (Å²) < 4.78 is 0. The number of aliphatic hydroxyl groups is 1. The molecule has 2 rings (SSSR count). The highest BCUT2D eigenvalue weighted by molar-refractivity contribution is 4.88. The molecule has 2 aliphatic rings. The zero-order valence-corrected chi connectivity index (χ0v) is 11.3. The van der Waals surface area contributed by atoms with Crippen molar-refractivity contribution in [1.29, 1.82) is 0 Å². The van der Waals surface area contributed by atoms with Crippen LogP contribution in [0.15, 0.2) is 0 Å². The number of likely N-dealkylation sites (N-methyl/N-ethyl adjacent to an activating group) is 2. The lowest BCUT2D eigenvalue weighted by atomic mass is 10.0. The smallest absolute Gasteiger partial charge is 0.0771 e. The Labute approximate surface area is 105 Å². The van der Waals surface area contributed by atoms with Gasteiger partial charge >= 0.3 is 0 Å². The molecule has 0 aromatic rings. The number of nitrogens with one attached hydrogen (secondary N) is 1. The third kappa shape index (κ3) is 3.65. The van der Waals surface area contributed by atoms with Crippen molar-refractivity contribution in [3.8, 4) is 0 Å². The molecule has 0 aromatic heterocycles. The average molecular weight is 241 g/mol. The van der Waals surface area contributed by atoms with E-state index in [0.717, 1.165) is 45.6 Å². The Balaban J connectivity index is 1.70. The summed E-state index contributed by atoms with van der Waals surface area (Å²) in [7, 11) is 4.38. The lowest BCUT2D eigenvalue weighted by Crippen LogP contribution is -2.54. The molecular weight excluding hydrogens is 214 g/mol. The fourth-order valence-corrected chi connectivity index (χ4v) is 3.00. The molecule has 1 atom stereocenters. The van der Waals surface area contributed by atoms with Gasteiger partial charge in [0.05, 0.1) is 5.60 Å². The van der Waals surface area contributed by atoms with E-state index in [1.54, 1.807) is 0 Å². The van der Waals surface area contributed by atoms with Gasteiger partial charge in [-0.25, -0.2) is 0 Å². The summed E-state index contributed by atoms with van der Waals surface area (Å²) >= 11 is 0. The van der Waals surface area contributed by atoms with Crippen LogP contribution in [0, 0.1) is 0 Å². The normalized spacial score (nSPS) is 30.9. The van der Waals surface area contributed by atoms with Crippen LogP contribution in [0.5, 0.6) is 0 Å². The van der Waals surface area contributed by atoms with Crippen LogP contribution in [-0.2, 0) is 0 Å². The van der Waals surface area contributed by atoms with Crippen LogP contribution in [0.4, 0.5) is 0 Å². The number of hydrogen-bond donors (Lipinski definition) is 2. The molecule has 1 saturated carbocycles. The average Bonchev–Trinajstić information content (AvgIpc) is 2.71. The van der Waals surface area contributed by atoms with Gasteiger partial charge in [0.15, 0.2) is 0 Å². The molecule has 0 bridgehead atoms. The van der Waals surface area contributed by atoms with Crippen molar-refractivity contribution >= 4 is 0 Å². The predicted octanol–water partition coefficient (Wildman–Crippen LogP) is 0.127. The predicted molar refractivity (Wildman–Crippen MR) is 70.2 cm³/mol. The summed E-state index contributed by atoms with van der Waals surface area (Å²) in [5, 5.41) is 13.7. The number of hydrogen-bond acceptors (Lipinski definition) is 4. The van der Waals surface area contributed by atoms with E-state index >= 15 is 0 Å². The SMILES string of the molecule is CN1CCN(C)C(CNCC2(O)CCCC2)C1. The van der Waals surface area contributed by atoms with E-state index < -0.39 is 5.60 Å². The molecule has 17 heavy (non-hydrogen) atoms. The Morgan fingerprint density at radius 2 is 1.94 bits per heavy atom. The molecule has 0 aromatic carbocycles. The van der Waals surface area contributed by atoms with E-state index in [9.17, 15) is 5.11 Å². The van der Waals surface area contributed by atoms with Crippen molar-refractivity contribution < 1.29 is 5.11 Å². The lowest BCUT2D eigenvalue weighted by Gasteiger charge is -2.38. The number of piperazine rings is 1. The third-order valence-electron chi connectivity index (χ3n) is 4.35. The van der Waals surface area contributed by atoms with Crippen molar-refractivity contribution in [3.63, 3.8) is 0 Å². The monoisotopic (exact) mass is 241 g/mol. The molecule has 100 valence electrons. The van der Waals surface area contributed by atoms with Crippen LogP contribution >= 0.6 is 0 Å². The molecule has 1 unspecified atom stereocenters. The van der Waals surface area contributed by atoms with Gasteiger partial charge in [-0.05, 0) is 26.9 Å². The van der Waals surface area contributed by atoms with Crippen LogP contribution in [-0.4, -0.2) is 73.4 Å². The largest absolute Gasteiger partial charge is 0.389 e. The Hall–Kier alpha value is -0.160. The van der Waals surface area contributed by atoms with Gasteiger partial charge in [-0.2, -0.15) is 0 Å². The summed E-state index contributed by atoms with van der Waals surface area (Å²) in [5.41, 5.74) is -0.418. The molecule has 4 nitrogen and oxygen atoms in total. The Morgan fingerprint density at radius 1 is 1.24 bits per heavy atom. The molecule has 4 heteroatoms. The van der Waals surface area contributed by atoms with E-state index in [4.69, 9.17) is 0 Å². The highest BCUT2D eigenvalue weighted by atomic mass is 16.3. The molecule has 1 aliphatic carbocycles. The highest BCUT2D eigenvalue weighted by Gasteiger charge is 2.31. The molecule has 2 N–H and O–H groups in total. The summed E-state index contributed by atoms with van der Waals surface area (Å²) in [5.74, 6) is 0. The topological polar surface area (TPSA) is 38.7 Å². The minimum atomic E-state index is -0.418. The molecule has 0 radical (unpaired) electrons. The molecular formula is C13H27N3O. The van der Waals surface area contributed by atoms with Gasteiger partial charge in [0.25, 0.3) is 0 Å². The fourth-order valence-electron chi connectivity index (χ4n) is 3.00. The first-order valence-corrected chi connectivity index (χ1v) is 6.91. The van der Waals surface area contributed by atoms with Crippen molar-refractivity contribution in [2.75, 3.05) is 46.8 Å². The second-order valence-corrected chi connectivity index (χ2v) is 5.96. The Bertz CT molecular complexity index is 241. The van der Waals surface area contributed by atoms with Gasteiger partial charge in [0, 0.05) is 38.8 Å². The maximum absolute atomic E-state index is 10.3. The second-order valence-electron chi connectivity index (χ2n) is 5.96. The molecule has 1 aliphatic heterocycles. The van der Waals surface area contributed by atoms with Crippen LogP contribution < -0.4 is 5.32 Å². The van der Waals surface area contributed by atoms with E-state index in [2.05, 4.69) is 29.2 Å². The van der Waals surface area contributed by atoms with E-state index in [0.29, 0.717) is 6.04 Å². The first-order valence-electron chi connectivity index (χ1n) is 6.91. The first kappa shape index (κ1) is 13.3. The summed E-state index contributed by atoms with van der Waals surface area (Å²) in [6.45, 7) is 5.19. The van der Waals surface area contributed by atoms with Crippen LogP contribution in [0.2, 0.25) is 0 Å². The number of nitrogens with zero attached hydrogens (tertiary/aromatic N) is 2. The summed E-state index contributed by atoms with van der Waals surface area (Å²) in [6.07, 6.45) is 4.31. The summed E-state index contributed by atoms with van der Waals surface area (Å²) in [6, 6.07) is 0.582. The summed E-state index contributed by atoms with van der Waals surface area (Å²) in [4.78, 5) is 4.81. The Kier molecular flexibility index (Phi) is 4.42. The maximum atomic E-state index is 10.3. The molecule has 2 fully saturated rings. The molecule has 1 heterocycles. The van der Waals surface area contributed by atoms with Crippen LogP contribution in [0.3, 0.4) is 0 Å². The maximum Gasteiger partial charge on any atom is 0.0771 e. The quantitative estimate of drug-likeness (QED) is 0.734. The fraction of sp³-hybridized carbons (Fsp3) is 1.00. The number of rotatable bonds is 4. The Morgan fingerprint density at radius 3 is 2.65 bits per heavy atom. The van der Waals surface area contributed by atoms with Crippen molar-refractivity contribution in [2.24, 2.45) is 0 Å². The van der Waals surface area contributed by atoms with Crippen molar-refractivity contribution in [3.05, 3.63) is 0 Å². The van der Waals surface area contributed by atoms with Gasteiger partial charge in [0.1, 0.15) is 0 Å². The van der Waals surface area contributed by atoms with Crippen LogP contribution in [0.1, 0.15) is 25.7 Å². The van der Waals surface area contributed by atoms with E-state index in [1.165, 1.54) is 12.8 Å². The molecule has 0 spiro atoms. The zero-order valence-electron chi connectivity index (χ0n) is 11.3. The second kappa shape index (κ2) is 5.65. The van der Waals surface area contributed by atoms with Gasteiger partial charge in [-0.15, -0.1) is 0 Å². The standard InChI is InChI=1S/C13H27N3O/c1-15-7-8-16(2)12(10-15)9-14-11-13(17)5-3-4-6-13/h12,14,17H,3-11H2,1-2H3. The van der Waals surface area contributed by atoms with Crippen LogP contribution in [0.25, 0.3) is 0 Å². The van der Waals surface area contributed by atoms with E-state index in [1.807, 2.05) is 0 Å². The van der Waals surface area contributed by atoms with Crippen molar-refractivity contribution in [2.45, 2.75) is 37.3 Å². The van der Waals surface area contributed by atoms with Gasteiger partial charge < -0.3 is 15.3 Å². The first-order chi connectivity index (χ1) is 8.09. The van der Waals surface area contributed by atoms with Gasteiger partial charge in [-0.1, -0.05) is 12.8 Å². The van der Waals surface area contributed by atoms with E-state index in [-0.39, 0.29) is 0 Å². The van der Waals surface area contributed by atoms with Gasteiger partial charge in [0.2, 0.25) is 0 Å². The minimum Gasteiger partial charge on any atom is -0.389 e. The molecule has 0 amide bonds. The highest BCUT2D eigenvalue weighted by Crippen LogP contribution is 2.28. The van der Waals surface area contributed by atoms with Crippen molar-refractivity contribution in [1.82, 2.24) is 15.1 Å². The minimum absolute atomic E-state index is 0.418. The third-order valence-corrected chi connectivity index (χ3v) is 4.35. The zero-order chi connectivity index (χ0) is 12.3. The lowest BCUT2D eigenvalue weighted by molar-refractivity contribution is 0.0429. The molecule has 1 saturated heterocycles. The van der Waals surface area contributed by atoms with Gasteiger partial charge in [-0.3, -0.25) is 4.90 Å².